The second-order valence-electron chi connectivity index (χ2n) is 6.51. The molecular weight excluding hydrogens is 340 g/mol. The van der Waals surface area contributed by atoms with E-state index in [1.807, 2.05) is 72.8 Å². The van der Waals surface area contributed by atoms with Crippen LogP contribution in [0.15, 0.2) is 72.8 Å². The summed E-state index contributed by atoms with van der Waals surface area (Å²) in [7, 11) is 0. The zero-order valence-corrected chi connectivity index (χ0v) is 14.6. The van der Waals surface area contributed by atoms with Crippen molar-refractivity contribution in [3.63, 3.8) is 0 Å². The van der Waals surface area contributed by atoms with Crippen LogP contribution in [0.3, 0.4) is 0 Å². The number of ether oxygens (including phenoxy) is 2. The molecule has 1 atom stereocenters. The zero-order valence-electron chi connectivity index (χ0n) is 14.6. The molecule has 0 radical (unpaired) electrons. The van der Waals surface area contributed by atoms with Crippen molar-refractivity contribution in [1.82, 2.24) is 0 Å². The summed E-state index contributed by atoms with van der Waals surface area (Å²) in [4.78, 5) is 15.2. The molecule has 3 aromatic carbocycles. The van der Waals surface area contributed by atoms with E-state index >= 15 is 0 Å². The van der Waals surface area contributed by atoms with E-state index in [-0.39, 0.29) is 12.1 Å². The average Bonchev–Trinajstić information content (AvgIpc) is 2.74. The van der Waals surface area contributed by atoms with Gasteiger partial charge in [-0.1, -0.05) is 42.5 Å². The van der Waals surface area contributed by atoms with Gasteiger partial charge in [-0.15, -0.1) is 0 Å². The summed E-state index contributed by atoms with van der Waals surface area (Å²) in [6.45, 7) is 1.05. The van der Waals surface area contributed by atoms with Crippen LogP contribution >= 0.6 is 0 Å². The Kier molecular flexibility index (Phi) is 3.71. The monoisotopic (exact) mass is 358 g/mol. The molecule has 1 amide bonds. The summed E-state index contributed by atoms with van der Waals surface area (Å²) in [6.07, 6.45) is -0.309. The minimum Gasteiger partial charge on any atom is -0.486 e. The second-order valence-corrected chi connectivity index (χ2v) is 6.51. The van der Waals surface area contributed by atoms with E-state index in [2.05, 4.69) is 5.32 Å². The molecular formula is C22H18N2O3. The summed E-state index contributed by atoms with van der Waals surface area (Å²) in [5.74, 6) is 1.33. The molecule has 0 aliphatic carbocycles. The van der Waals surface area contributed by atoms with Crippen LogP contribution in [0.4, 0.5) is 11.4 Å². The highest BCUT2D eigenvalue weighted by Gasteiger charge is 2.34. The Hall–Kier alpha value is -3.47. The number of benzene rings is 3. The Balaban J connectivity index is 1.64. The molecule has 3 aromatic rings. The molecule has 2 aliphatic rings. The van der Waals surface area contributed by atoms with Gasteiger partial charge in [-0.3, -0.25) is 9.69 Å². The van der Waals surface area contributed by atoms with Crippen molar-refractivity contribution in [2.24, 2.45) is 0 Å². The highest BCUT2D eigenvalue weighted by Crippen LogP contribution is 2.40. The number of fused-ring (bicyclic) bond motifs is 2. The van der Waals surface area contributed by atoms with Gasteiger partial charge in [-0.25, -0.2) is 0 Å². The maximum atomic E-state index is 13.4. The van der Waals surface area contributed by atoms with Gasteiger partial charge in [-0.05, 0) is 29.8 Å². The molecule has 0 aromatic heterocycles. The van der Waals surface area contributed by atoms with E-state index in [0.717, 1.165) is 16.9 Å². The summed E-state index contributed by atoms with van der Waals surface area (Å²) >= 11 is 0. The van der Waals surface area contributed by atoms with Crippen LogP contribution in [-0.4, -0.2) is 19.1 Å². The molecule has 134 valence electrons. The molecule has 0 saturated carbocycles. The third-order valence-electron chi connectivity index (χ3n) is 4.85. The molecule has 0 saturated heterocycles. The van der Waals surface area contributed by atoms with E-state index in [9.17, 15) is 4.79 Å². The van der Waals surface area contributed by atoms with E-state index in [1.54, 1.807) is 4.90 Å². The standard InChI is InChI=1S/C22H18N2O3/c25-22-17-8-4-5-9-18(17)23-21(15-6-2-1-3-7-15)24(22)16-10-11-19-20(14-16)27-13-12-26-19/h1-11,14,21,23H,12-13H2. The molecule has 2 aliphatic heterocycles. The van der Waals surface area contributed by atoms with Crippen molar-refractivity contribution in [2.75, 3.05) is 23.4 Å². The Labute approximate surface area is 157 Å². The van der Waals surface area contributed by atoms with Crippen molar-refractivity contribution >= 4 is 17.3 Å². The van der Waals surface area contributed by atoms with Crippen LogP contribution in [-0.2, 0) is 0 Å². The smallest absolute Gasteiger partial charge is 0.262 e. The summed E-state index contributed by atoms with van der Waals surface area (Å²) < 4.78 is 11.3. The van der Waals surface area contributed by atoms with E-state index in [0.29, 0.717) is 30.3 Å². The minimum atomic E-state index is -0.309. The fourth-order valence-electron chi connectivity index (χ4n) is 3.57. The van der Waals surface area contributed by atoms with Crippen LogP contribution in [0.1, 0.15) is 22.1 Å². The molecule has 5 heteroatoms. The lowest BCUT2D eigenvalue weighted by molar-refractivity contribution is 0.0974. The van der Waals surface area contributed by atoms with Crippen LogP contribution in [0.25, 0.3) is 0 Å². The highest BCUT2D eigenvalue weighted by molar-refractivity contribution is 6.12. The summed E-state index contributed by atoms with van der Waals surface area (Å²) in [6, 6.07) is 23.2. The quantitative estimate of drug-likeness (QED) is 0.745. The third kappa shape index (κ3) is 2.68. The fourth-order valence-corrected chi connectivity index (χ4v) is 3.57. The van der Waals surface area contributed by atoms with E-state index < -0.39 is 0 Å². The van der Waals surface area contributed by atoms with Crippen molar-refractivity contribution in [1.29, 1.82) is 0 Å². The zero-order chi connectivity index (χ0) is 18.2. The first kappa shape index (κ1) is 15.8. The van der Waals surface area contributed by atoms with Gasteiger partial charge in [0.2, 0.25) is 0 Å². The number of anilines is 2. The topological polar surface area (TPSA) is 50.8 Å². The molecule has 0 spiro atoms. The number of para-hydroxylation sites is 1. The summed E-state index contributed by atoms with van der Waals surface area (Å²) in [5.41, 5.74) is 3.26. The van der Waals surface area contributed by atoms with E-state index in [1.165, 1.54) is 0 Å². The van der Waals surface area contributed by atoms with Crippen LogP contribution in [0.5, 0.6) is 11.5 Å². The molecule has 5 rings (SSSR count). The number of nitrogens with one attached hydrogen (secondary N) is 1. The third-order valence-corrected chi connectivity index (χ3v) is 4.85. The lowest BCUT2D eigenvalue weighted by Gasteiger charge is -2.38. The number of rotatable bonds is 2. The highest BCUT2D eigenvalue weighted by atomic mass is 16.6. The Bertz CT molecular complexity index is 1000. The first-order valence-electron chi connectivity index (χ1n) is 8.95. The number of nitrogens with zero attached hydrogens (tertiary/aromatic N) is 1. The Morgan fingerprint density at radius 1 is 0.852 bits per heavy atom. The summed E-state index contributed by atoms with van der Waals surface area (Å²) in [5, 5.41) is 3.51. The second kappa shape index (κ2) is 6.36. The Morgan fingerprint density at radius 2 is 1.59 bits per heavy atom. The van der Waals surface area contributed by atoms with Gasteiger partial charge in [0.1, 0.15) is 19.4 Å². The number of carbonyl (C=O) groups excluding carboxylic acids is 1. The number of hydrogen-bond donors (Lipinski definition) is 1. The average molecular weight is 358 g/mol. The van der Waals surface area contributed by atoms with Crippen molar-refractivity contribution in [3.8, 4) is 11.5 Å². The van der Waals surface area contributed by atoms with Crippen molar-refractivity contribution in [3.05, 3.63) is 83.9 Å². The predicted molar refractivity (Wildman–Crippen MR) is 103 cm³/mol. The van der Waals surface area contributed by atoms with E-state index in [4.69, 9.17) is 9.47 Å². The van der Waals surface area contributed by atoms with Gasteiger partial charge in [0.05, 0.1) is 11.3 Å². The SMILES string of the molecule is O=C1c2ccccc2NC(c2ccccc2)N1c1ccc2c(c1)OCCO2. The van der Waals surface area contributed by atoms with Gasteiger partial charge in [0, 0.05) is 11.8 Å². The lowest BCUT2D eigenvalue weighted by Crippen LogP contribution is -2.43. The van der Waals surface area contributed by atoms with Gasteiger partial charge >= 0.3 is 0 Å². The van der Waals surface area contributed by atoms with Crippen LogP contribution in [0.2, 0.25) is 0 Å². The first-order valence-corrected chi connectivity index (χ1v) is 8.95. The maximum Gasteiger partial charge on any atom is 0.262 e. The molecule has 1 N–H and O–H groups in total. The number of carbonyl (C=O) groups is 1. The molecule has 2 heterocycles. The first-order chi connectivity index (χ1) is 13.3. The maximum absolute atomic E-state index is 13.4. The Morgan fingerprint density at radius 3 is 2.44 bits per heavy atom. The molecule has 5 nitrogen and oxygen atoms in total. The van der Waals surface area contributed by atoms with Gasteiger partial charge in [0.25, 0.3) is 5.91 Å². The lowest BCUT2D eigenvalue weighted by atomic mass is 10.0. The number of hydrogen-bond acceptors (Lipinski definition) is 4. The minimum absolute atomic E-state index is 0.0464. The van der Waals surface area contributed by atoms with Crippen LogP contribution < -0.4 is 19.7 Å². The number of amides is 1. The van der Waals surface area contributed by atoms with Gasteiger partial charge in [0.15, 0.2) is 11.5 Å². The van der Waals surface area contributed by atoms with Gasteiger partial charge < -0.3 is 14.8 Å². The molecule has 0 fully saturated rings. The van der Waals surface area contributed by atoms with Gasteiger partial charge in [-0.2, -0.15) is 0 Å². The normalized spacial score (nSPS) is 17.9. The van der Waals surface area contributed by atoms with Crippen LogP contribution in [0, 0.1) is 0 Å². The van der Waals surface area contributed by atoms with Crippen molar-refractivity contribution in [2.45, 2.75) is 6.17 Å². The van der Waals surface area contributed by atoms with Crippen molar-refractivity contribution < 1.29 is 14.3 Å². The predicted octanol–water partition coefficient (Wildman–Crippen LogP) is 4.23. The molecule has 27 heavy (non-hydrogen) atoms. The molecule has 1 unspecified atom stereocenters. The fraction of sp³-hybridized carbons (Fsp3) is 0.136. The molecule has 0 bridgehead atoms. The largest absolute Gasteiger partial charge is 0.486 e.